The lowest BCUT2D eigenvalue weighted by Crippen LogP contribution is -2.15. The van der Waals surface area contributed by atoms with Gasteiger partial charge in [0, 0.05) is 11.8 Å². The molecule has 2 heterocycles. The van der Waals surface area contributed by atoms with Gasteiger partial charge in [-0.3, -0.25) is 4.72 Å². The lowest BCUT2D eigenvalue weighted by atomic mass is 9.92. The molecule has 0 unspecified atom stereocenters. The first-order chi connectivity index (χ1) is 14.5. The zero-order valence-corrected chi connectivity index (χ0v) is 18.2. The van der Waals surface area contributed by atoms with Crippen LogP contribution >= 0.6 is 11.3 Å². The molecular weight excluding hydrogens is 414 g/mol. The summed E-state index contributed by atoms with van der Waals surface area (Å²) in [7, 11) is -3.67. The molecular formula is C23H21N3O2S2. The van der Waals surface area contributed by atoms with Crippen LogP contribution in [-0.2, 0) is 22.9 Å². The molecule has 0 amide bonds. The van der Waals surface area contributed by atoms with Gasteiger partial charge in [-0.05, 0) is 79.6 Å². The maximum atomic E-state index is 13.1. The number of sulfonamides is 1. The summed E-state index contributed by atoms with van der Waals surface area (Å²) in [5.41, 5.74) is 5.58. The molecule has 5 nitrogen and oxygen atoms in total. The third-order valence-corrected chi connectivity index (χ3v) is 7.98. The molecule has 152 valence electrons. The maximum absolute atomic E-state index is 13.1. The second-order valence-electron chi connectivity index (χ2n) is 7.57. The van der Waals surface area contributed by atoms with E-state index in [1.807, 2.05) is 43.3 Å². The van der Waals surface area contributed by atoms with E-state index >= 15 is 0 Å². The van der Waals surface area contributed by atoms with Gasteiger partial charge in [0.1, 0.15) is 15.4 Å². The van der Waals surface area contributed by atoms with Gasteiger partial charge in [-0.1, -0.05) is 29.5 Å². The number of nitrogens with zero attached hydrogens (tertiary/aromatic N) is 2. The third kappa shape index (κ3) is 3.48. The van der Waals surface area contributed by atoms with Crippen LogP contribution in [0.3, 0.4) is 0 Å². The van der Waals surface area contributed by atoms with Crippen LogP contribution in [0.15, 0.2) is 59.6 Å². The van der Waals surface area contributed by atoms with Crippen LogP contribution in [0.25, 0.3) is 20.9 Å². The zero-order valence-electron chi connectivity index (χ0n) is 16.6. The topological polar surface area (TPSA) is 72.0 Å². The normalized spacial score (nSPS) is 13.9. The number of aryl methyl sites for hydroxylation is 2. The minimum Gasteiger partial charge on any atom is -0.279 e. The van der Waals surface area contributed by atoms with Crippen LogP contribution in [0, 0.1) is 6.92 Å². The summed E-state index contributed by atoms with van der Waals surface area (Å²) in [6, 6.07) is 14.9. The van der Waals surface area contributed by atoms with Crippen LogP contribution in [0.5, 0.6) is 0 Å². The van der Waals surface area contributed by atoms with Crippen LogP contribution in [0.1, 0.15) is 29.5 Å². The van der Waals surface area contributed by atoms with Gasteiger partial charge in [0.2, 0.25) is 0 Å². The van der Waals surface area contributed by atoms with Crippen molar-refractivity contribution < 1.29 is 8.42 Å². The number of benzene rings is 2. The second-order valence-corrected chi connectivity index (χ2v) is 10.2. The fraction of sp³-hybridized carbons (Fsp3) is 0.217. The molecule has 0 spiro atoms. The van der Waals surface area contributed by atoms with Crippen LogP contribution < -0.4 is 4.72 Å². The van der Waals surface area contributed by atoms with Crippen LogP contribution in [-0.4, -0.2) is 18.4 Å². The van der Waals surface area contributed by atoms with E-state index in [4.69, 9.17) is 0 Å². The number of hydrogen-bond acceptors (Lipinski definition) is 5. The van der Waals surface area contributed by atoms with Crippen molar-refractivity contribution in [1.29, 1.82) is 0 Å². The average Bonchev–Trinajstić information content (AvgIpc) is 3.19. The highest BCUT2D eigenvalue weighted by molar-refractivity contribution is 7.92. The number of fused-ring (bicyclic) bond motifs is 2. The van der Waals surface area contributed by atoms with Crippen LogP contribution in [0.4, 0.5) is 5.69 Å². The molecule has 0 bridgehead atoms. The fourth-order valence-corrected chi connectivity index (χ4v) is 6.11. The highest BCUT2D eigenvalue weighted by Gasteiger charge is 2.20. The predicted molar refractivity (Wildman–Crippen MR) is 121 cm³/mol. The monoisotopic (exact) mass is 435 g/mol. The van der Waals surface area contributed by atoms with Crippen molar-refractivity contribution in [2.75, 3.05) is 4.72 Å². The summed E-state index contributed by atoms with van der Waals surface area (Å²) in [4.78, 5) is 10.2. The highest BCUT2D eigenvalue weighted by atomic mass is 32.2. The van der Waals surface area contributed by atoms with E-state index in [1.165, 1.54) is 23.3 Å². The SMILES string of the molecule is Cc1c(NS(=O)(=O)c2ccc3c(c2)CCCC3)cccc1-c1nc2cccnc2s1. The van der Waals surface area contributed by atoms with Gasteiger partial charge < -0.3 is 0 Å². The number of aromatic nitrogens is 2. The standard InChI is InChI=1S/C23H21N3O2S2/c1-15-19(22-25-21-10-5-13-24-23(21)29-22)8-4-9-20(15)26-30(27,28)18-12-11-16-6-2-3-7-17(16)14-18/h4-5,8-14,26H,2-3,6-7H2,1H3. The minimum absolute atomic E-state index is 0.317. The zero-order chi connectivity index (χ0) is 20.7. The van der Waals surface area contributed by atoms with Crippen molar-refractivity contribution in [3.8, 4) is 10.6 Å². The Morgan fingerprint density at radius 3 is 2.67 bits per heavy atom. The number of pyridine rings is 1. The van der Waals surface area contributed by atoms with Gasteiger partial charge in [0.05, 0.1) is 10.6 Å². The number of thiazole rings is 1. The molecule has 2 aromatic heterocycles. The maximum Gasteiger partial charge on any atom is 0.261 e. The Bertz CT molecular complexity index is 1330. The van der Waals surface area contributed by atoms with Crippen molar-refractivity contribution in [2.45, 2.75) is 37.5 Å². The highest BCUT2D eigenvalue weighted by Crippen LogP contribution is 2.34. The molecule has 1 aliphatic rings. The van der Waals surface area contributed by atoms with Gasteiger partial charge in [-0.25, -0.2) is 18.4 Å². The summed E-state index contributed by atoms with van der Waals surface area (Å²) in [6.07, 6.45) is 6.01. The Kier molecular flexibility index (Phi) is 4.79. The molecule has 2 aromatic carbocycles. The summed E-state index contributed by atoms with van der Waals surface area (Å²) >= 11 is 1.50. The largest absolute Gasteiger partial charge is 0.279 e. The molecule has 0 fully saturated rings. The van der Waals surface area contributed by atoms with E-state index in [2.05, 4.69) is 14.7 Å². The Balaban J connectivity index is 1.50. The Labute approximate surface area is 179 Å². The molecule has 4 aromatic rings. The van der Waals surface area contributed by atoms with Crippen molar-refractivity contribution in [3.05, 3.63) is 71.4 Å². The van der Waals surface area contributed by atoms with Crippen molar-refractivity contribution >= 4 is 37.4 Å². The lowest BCUT2D eigenvalue weighted by Gasteiger charge is -2.17. The van der Waals surface area contributed by atoms with Crippen molar-refractivity contribution in [1.82, 2.24) is 9.97 Å². The first kappa shape index (κ1) is 19.2. The van der Waals surface area contributed by atoms with Crippen molar-refractivity contribution in [2.24, 2.45) is 0 Å². The predicted octanol–water partition coefficient (Wildman–Crippen LogP) is 5.35. The van der Waals surface area contributed by atoms with E-state index in [0.29, 0.717) is 10.6 Å². The average molecular weight is 436 g/mol. The number of rotatable bonds is 4. The summed E-state index contributed by atoms with van der Waals surface area (Å²) in [5, 5.41) is 0.830. The van der Waals surface area contributed by atoms with E-state index in [9.17, 15) is 8.42 Å². The van der Waals surface area contributed by atoms with E-state index in [-0.39, 0.29) is 0 Å². The quantitative estimate of drug-likeness (QED) is 0.469. The van der Waals surface area contributed by atoms with E-state index < -0.39 is 10.0 Å². The molecule has 30 heavy (non-hydrogen) atoms. The smallest absolute Gasteiger partial charge is 0.261 e. The third-order valence-electron chi connectivity index (χ3n) is 5.61. The van der Waals surface area contributed by atoms with E-state index in [0.717, 1.165) is 51.3 Å². The molecule has 0 atom stereocenters. The molecule has 0 aliphatic heterocycles. The van der Waals surface area contributed by atoms with Gasteiger partial charge in [0.15, 0.2) is 0 Å². The van der Waals surface area contributed by atoms with Crippen molar-refractivity contribution in [3.63, 3.8) is 0 Å². The summed E-state index contributed by atoms with van der Waals surface area (Å²) in [5.74, 6) is 0. The molecule has 0 radical (unpaired) electrons. The minimum atomic E-state index is -3.67. The molecule has 1 aliphatic carbocycles. The summed E-state index contributed by atoms with van der Waals surface area (Å²) < 4.78 is 29.0. The number of hydrogen-bond donors (Lipinski definition) is 1. The Morgan fingerprint density at radius 2 is 1.83 bits per heavy atom. The van der Waals surface area contributed by atoms with Crippen LogP contribution in [0.2, 0.25) is 0 Å². The lowest BCUT2D eigenvalue weighted by molar-refractivity contribution is 0.600. The van der Waals surface area contributed by atoms with Gasteiger partial charge in [0.25, 0.3) is 10.0 Å². The van der Waals surface area contributed by atoms with Gasteiger partial charge in [-0.2, -0.15) is 0 Å². The summed E-state index contributed by atoms with van der Waals surface area (Å²) in [6.45, 7) is 1.92. The molecule has 1 N–H and O–H groups in total. The first-order valence-electron chi connectivity index (χ1n) is 9.97. The fourth-order valence-electron chi connectivity index (χ4n) is 3.94. The van der Waals surface area contributed by atoms with E-state index in [1.54, 1.807) is 18.3 Å². The Morgan fingerprint density at radius 1 is 1.00 bits per heavy atom. The van der Waals surface area contributed by atoms with Gasteiger partial charge in [-0.15, -0.1) is 0 Å². The number of anilines is 1. The second kappa shape index (κ2) is 7.49. The molecule has 0 saturated heterocycles. The number of nitrogens with one attached hydrogen (secondary N) is 1. The first-order valence-corrected chi connectivity index (χ1v) is 12.3. The Hall–Kier alpha value is -2.77. The molecule has 0 saturated carbocycles. The molecule has 5 rings (SSSR count). The van der Waals surface area contributed by atoms with Gasteiger partial charge >= 0.3 is 0 Å². The molecule has 7 heteroatoms.